The third kappa shape index (κ3) is 3.91. The highest BCUT2D eigenvalue weighted by Gasteiger charge is 2.40. The molecular formula is C17H24ClNO2. The number of aliphatic carboxylic acids is 1. The molecule has 3 nitrogen and oxygen atoms in total. The first-order valence-electron chi connectivity index (χ1n) is 7.70. The average Bonchev–Trinajstić information content (AvgIpc) is 2.65. The molecule has 2 atom stereocenters. The molecule has 116 valence electrons. The van der Waals surface area contributed by atoms with Crippen LogP contribution in [0.3, 0.4) is 0 Å². The zero-order chi connectivity index (χ0) is 15.5. The molecule has 0 aliphatic heterocycles. The zero-order valence-electron chi connectivity index (χ0n) is 12.7. The summed E-state index contributed by atoms with van der Waals surface area (Å²) in [5.74, 6) is 0.491. The summed E-state index contributed by atoms with van der Waals surface area (Å²) in [5, 5.41) is 13.7. The number of benzene rings is 1. The molecule has 1 aromatic carbocycles. The molecule has 21 heavy (non-hydrogen) atoms. The number of hydrogen-bond donors (Lipinski definition) is 2. The highest BCUT2D eigenvalue weighted by atomic mass is 35.5. The van der Waals surface area contributed by atoms with Gasteiger partial charge >= 0.3 is 5.97 Å². The van der Waals surface area contributed by atoms with Crippen LogP contribution in [0, 0.1) is 11.8 Å². The largest absolute Gasteiger partial charge is 0.480 e. The maximum absolute atomic E-state index is 11.9. The highest BCUT2D eigenvalue weighted by Crippen LogP contribution is 2.36. The van der Waals surface area contributed by atoms with Crippen LogP contribution in [0.2, 0.25) is 5.02 Å². The minimum Gasteiger partial charge on any atom is -0.480 e. The fraction of sp³-hybridized carbons (Fsp3) is 0.588. The minimum atomic E-state index is -0.850. The molecule has 2 rings (SSSR count). The number of carbonyl (C=O) groups is 1. The molecule has 1 fully saturated rings. The smallest absolute Gasteiger partial charge is 0.329 e. The first-order valence-corrected chi connectivity index (χ1v) is 8.08. The molecule has 2 N–H and O–H groups in total. The molecule has 1 aliphatic carbocycles. The van der Waals surface area contributed by atoms with Crippen molar-refractivity contribution in [3.63, 3.8) is 0 Å². The fourth-order valence-corrected chi connectivity index (χ4v) is 3.36. The van der Waals surface area contributed by atoms with Gasteiger partial charge in [0.2, 0.25) is 0 Å². The topological polar surface area (TPSA) is 49.3 Å². The van der Waals surface area contributed by atoms with Crippen molar-refractivity contribution in [2.45, 2.75) is 51.5 Å². The highest BCUT2D eigenvalue weighted by molar-refractivity contribution is 6.30. The van der Waals surface area contributed by atoms with Crippen LogP contribution < -0.4 is 5.32 Å². The Balaban J connectivity index is 2.17. The first-order chi connectivity index (χ1) is 9.93. The average molecular weight is 310 g/mol. The number of anilines is 1. The molecular weight excluding hydrogens is 286 g/mol. The summed E-state index contributed by atoms with van der Waals surface area (Å²) in [6, 6.07) is 7.26. The van der Waals surface area contributed by atoms with Gasteiger partial charge in [0, 0.05) is 10.7 Å². The van der Waals surface area contributed by atoms with Gasteiger partial charge in [0.15, 0.2) is 0 Å². The van der Waals surface area contributed by atoms with Gasteiger partial charge in [-0.2, -0.15) is 0 Å². The summed E-state index contributed by atoms with van der Waals surface area (Å²) < 4.78 is 0. The van der Waals surface area contributed by atoms with Crippen LogP contribution >= 0.6 is 11.6 Å². The van der Waals surface area contributed by atoms with Gasteiger partial charge in [-0.1, -0.05) is 38.3 Å². The quantitative estimate of drug-likeness (QED) is 0.785. The van der Waals surface area contributed by atoms with E-state index in [4.69, 9.17) is 11.6 Å². The molecule has 0 radical (unpaired) electrons. The third-order valence-electron chi connectivity index (χ3n) is 4.70. The first kappa shape index (κ1) is 16.2. The van der Waals surface area contributed by atoms with Crippen molar-refractivity contribution in [1.82, 2.24) is 0 Å². The van der Waals surface area contributed by atoms with Gasteiger partial charge in [0.05, 0.1) is 0 Å². The van der Waals surface area contributed by atoms with Gasteiger partial charge in [0.1, 0.15) is 5.54 Å². The maximum Gasteiger partial charge on any atom is 0.329 e. The number of hydrogen-bond acceptors (Lipinski definition) is 2. The van der Waals surface area contributed by atoms with Crippen molar-refractivity contribution in [1.29, 1.82) is 0 Å². The molecule has 4 heteroatoms. The monoisotopic (exact) mass is 309 g/mol. The van der Waals surface area contributed by atoms with E-state index in [1.807, 2.05) is 12.1 Å². The van der Waals surface area contributed by atoms with Crippen LogP contribution in [-0.2, 0) is 4.79 Å². The Morgan fingerprint density at radius 3 is 2.52 bits per heavy atom. The van der Waals surface area contributed by atoms with Gasteiger partial charge in [0.25, 0.3) is 0 Å². The van der Waals surface area contributed by atoms with E-state index < -0.39 is 11.5 Å². The van der Waals surface area contributed by atoms with E-state index in [0.29, 0.717) is 29.7 Å². The second-order valence-electron chi connectivity index (χ2n) is 6.45. The van der Waals surface area contributed by atoms with Crippen LogP contribution in [0.25, 0.3) is 0 Å². The lowest BCUT2D eigenvalue weighted by atomic mass is 9.86. The normalized spacial score (nSPS) is 26.4. The Bertz CT molecular complexity index is 486. The Morgan fingerprint density at radius 2 is 1.95 bits per heavy atom. The van der Waals surface area contributed by atoms with Crippen molar-refractivity contribution in [2.24, 2.45) is 11.8 Å². The van der Waals surface area contributed by atoms with E-state index in [0.717, 1.165) is 24.9 Å². The molecule has 2 unspecified atom stereocenters. The standard InChI is InChI=1S/C17H24ClNO2/c1-12(2)13-4-3-10-17(11-9-13,16(20)21)19-15-7-5-14(18)6-8-15/h5-8,12-13,19H,3-4,9-11H2,1-2H3,(H,20,21). The van der Waals surface area contributed by atoms with Gasteiger partial charge in [-0.3, -0.25) is 0 Å². The van der Waals surface area contributed by atoms with Crippen LogP contribution in [0.5, 0.6) is 0 Å². The van der Waals surface area contributed by atoms with Gasteiger partial charge in [-0.15, -0.1) is 0 Å². The SMILES string of the molecule is CC(C)C1CCCC(Nc2ccc(Cl)cc2)(C(=O)O)CC1. The lowest BCUT2D eigenvalue weighted by Crippen LogP contribution is -2.46. The maximum atomic E-state index is 11.9. The van der Waals surface area contributed by atoms with Crippen molar-refractivity contribution in [2.75, 3.05) is 5.32 Å². The molecule has 0 spiro atoms. The molecule has 0 amide bonds. The number of rotatable bonds is 4. The third-order valence-corrected chi connectivity index (χ3v) is 4.95. The van der Waals surface area contributed by atoms with E-state index in [9.17, 15) is 9.90 Å². The van der Waals surface area contributed by atoms with Crippen molar-refractivity contribution in [3.8, 4) is 0 Å². The molecule has 0 heterocycles. The molecule has 0 bridgehead atoms. The van der Waals surface area contributed by atoms with Crippen LogP contribution in [0.15, 0.2) is 24.3 Å². The van der Waals surface area contributed by atoms with Crippen molar-refractivity contribution < 1.29 is 9.90 Å². The van der Waals surface area contributed by atoms with E-state index in [1.54, 1.807) is 12.1 Å². The van der Waals surface area contributed by atoms with Gasteiger partial charge in [-0.05, 0) is 55.4 Å². The predicted octanol–water partition coefficient (Wildman–Crippen LogP) is 4.81. The lowest BCUT2D eigenvalue weighted by Gasteiger charge is -2.31. The molecule has 0 saturated heterocycles. The summed E-state index contributed by atoms with van der Waals surface area (Å²) in [5.41, 5.74) is -0.0258. The fourth-order valence-electron chi connectivity index (χ4n) is 3.24. The Labute approximate surface area is 131 Å². The van der Waals surface area contributed by atoms with Crippen LogP contribution in [0.1, 0.15) is 46.0 Å². The molecule has 1 aromatic rings. The summed E-state index contributed by atoms with van der Waals surface area (Å²) in [7, 11) is 0. The van der Waals surface area contributed by atoms with Crippen LogP contribution in [-0.4, -0.2) is 16.6 Å². The van der Waals surface area contributed by atoms with Gasteiger partial charge in [-0.25, -0.2) is 4.79 Å². The minimum absolute atomic E-state index is 0.616. The number of halogens is 1. The second kappa shape index (κ2) is 6.69. The molecule has 1 aliphatic rings. The summed E-state index contributed by atoms with van der Waals surface area (Å²) in [6.07, 6.45) is 4.39. The zero-order valence-corrected chi connectivity index (χ0v) is 13.5. The number of carboxylic acids is 1. The van der Waals surface area contributed by atoms with E-state index in [2.05, 4.69) is 19.2 Å². The van der Waals surface area contributed by atoms with Crippen LogP contribution in [0.4, 0.5) is 5.69 Å². The molecule has 0 aromatic heterocycles. The Kier molecular flexibility index (Phi) is 5.15. The summed E-state index contributed by atoms with van der Waals surface area (Å²) in [6.45, 7) is 4.45. The van der Waals surface area contributed by atoms with Gasteiger partial charge < -0.3 is 10.4 Å². The Morgan fingerprint density at radius 1 is 1.29 bits per heavy atom. The van der Waals surface area contributed by atoms with E-state index in [1.165, 1.54) is 0 Å². The lowest BCUT2D eigenvalue weighted by molar-refractivity contribution is -0.142. The summed E-state index contributed by atoms with van der Waals surface area (Å²) >= 11 is 5.89. The predicted molar refractivity (Wildman–Crippen MR) is 86.9 cm³/mol. The Hall–Kier alpha value is -1.22. The van der Waals surface area contributed by atoms with Crippen molar-refractivity contribution >= 4 is 23.3 Å². The molecule has 1 saturated carbocycles. The van der Waals surface area contributed by atoms with E-state index >= 15 is 0 Å². The van der Waals surface area contributed by atoms with Crippen molar-refractivity contribution in [3.05, 3.63) is 29.3 Å². The van der Waals surface area contributed by atoms with E-state index in [-0.39, 0.29) is 0 Å². The number of carboxylic acid groups (broad SMARTS) is 1. The second-order valence-corrected chi connectivity index (χ2v) is 6.89. The summed E-state index contributed by atoms with van der Waals surface area (Å²) in [4.78, 5) is 11.9. The number of nitrogens with one attached hydrogen (secondary N) is 1.